The van der Waals surface area contributed by atoms with Crippen LogP contribution in [0.5, 0.6) is 5.75 Å². The standard InChI is InChI=1S/C8H5BrF3NO3/c9-5-1-2-7(6(3-5)13(14)15)16-4-8(10,11)12/h1-3H,4H2. The molecule has 0 fully saturated rings. The van der Waals surface area contributed by atoms with E-state index in [4.69, 9.17) is 0 Å². The first-order chi connectivity index (χ1) is 7.29. The van der Waals surface area contributed by atoms with Crippen molar-refractivity contribution < 1.29 is 22.8 Å². The van der Waals surface area contributed by atoms with Gasteiger partial charge in [0, 0.05) is 10.5 Å². The summed E-state index contributed by atoms with van der Waals surface area (Å²) in [6.07, 6.45) is -4.53. The van der Waals surface area contributed by atoms with Gasteiger partial charge in [0.15, 0.2) is 12.4 Å². The lowest BCUT2D eigenvalue weighted by molar-refractivity contribution is -0.386. The number of nitro benzene ring substituents is 1. The zero-order valence-corrected chi connectivity index (χ0v) is 9.21. The van der Waals surface area contributed by atoms with Gasteiger partial charge >= 0.3 is 11.9 Å². The lowest BCUT2D eigenvalue weighted by Crippen LogP contribution is -2.19. The first-order valence-corrected chi connectivity index (χ1v) is 4.72. The summed E-state index contributed by atoms with van der Waals surface area (Å²) in [5, 5.41) is 10.5. The number of hydrogen-bond donors (Lipinski definition) is 0. The molecule has 0 amide bonds. The molecule has 0 aliphatic carbocycles. The maximum atomic E-state index is 11.8. The quantitative estimate of drug-likeness (QED) is 0.635. The number of rotatable bonds is 3. The number of nitrogens with zero attached hydrogens (tertiary/aromatic N) is 1. The Labute approximate surface area is 96.3 Å². The summed E-state index contributed by atoms with van der Waals surface area (Å²) < 4.78 is 40.3. The third-order valence-corrected chi connectivity index (χ3v) is 2.00. The van der Waals surface area contributed by atoms with E-state index in [1.165, 1.54) is 6.07 Å². The van der Waals surface area contributed by atoms with Crippen molar-refractivity contribution in [3.8, 4) is 5.75 Å². The fraction of sp³-hybridized carbons (Fsp3) is 0.250. The Hall–Kier alpha value is -1.31. The van der Waals surface area contributed by atoms with Gasteiger partial charge in [-0.25, -0.2) is 0 Å². The van der Waals surface area contributed by atoms with Crippen LogP contribution < -0.4 is 4.74 Å². The number of benzene rings is 1. The average molecular weight is 300 g/mol. The molecule has 0 aromatic heterocycles. The van der Waals surface area contributed by atoms with Gasteiger partial charge in [-0.2, -0.15) is 13.2 Å². The van der Waals surface area contributed by atoms with E-state index in [9.17, 15) is 23.3 Å². The maximum Gasteiger partial charge on any atom is 0.422 e. The monoisotopic (exact) mass is 299 g/mol. The summed E-state index contributed by atoms with van der Waals surface area (Å²) in [5.41, 5.74) is -0.515. The molecule has 0 radical (unpaired) electrons. The first kappa shape index (κ1) is 12.8. The molecule has 0 spiro atoms. The van der Waals surface area contributed by atoms with Crippen molar-refractivity contribution in [1.82, 2.24) is 0 Å². The van der Waals surface area contributed by atoms with Gasteiger partial charge in [-0.1, -0.05) is 15.9 Å². The van der Waals surface area contributed by atoms with Gasteiger partial charge in [0.2, 0.25) is 0 Å². The van der Waals surface area contributed by atoms with Gasteiger partial charge in [0.1, 0.15) is 0 Å². The minimum absolute atomic E-state index is 0.388. The molecular weight excluding hydrogens is 295 g/mol. The molecule has 8 heteroatoms. The van der Waals surface area contributed by atoms with Crippen molar-refractivity contribution >= 4 is 21.6 Å². The first-order valence-electron chi connectivity index (χ1n) is 3.93. The zero-order chi connectivity index (χ0) is 12.3. The largest absolute Gasteiger partial charge is 0.477 e. The fourth-order valence-corrected chi connectivity index (χ4v) is 1.26. The van der Waals surface area contributed by atoms with Crippen LogP contribution in [0.1, 0.15) is 0 Å². The van der Waals surface area contributed by atoms with Gasteiger partial charge in [-0.3, -0.25) is 10.1 Å². The molecule has 0 aliphatic heterocycles. The molecule has 0 unspecified atom stereocenters. The SMILES string of the molecule is O=[N+]([O-])c1cc(Br)ccc1OCC(F)(F)F. The third kappa shape index (κ3) is 3.69. The maximum absolute atomic E-state index is 11.8. The Bertz CT molecular complexity index is 408. The zero-order valence-electron chi connectivity index (χ0n) is 7.62. The Kier molecular flexibility index (Phi) is 3.74. The van der Waals surface area contributed by atoms with Gasteiger partial charge in [0.05, 0.1) is 4.92 Å². The summed E-state index contributed by atoms with van der Waals surface area (Å²) in [5.74, 6) is -0.412. The second kappa shape index (κ2) is 4.69. The number of ether oxygens (including phenoxy) is 1. The molecule has 4 nitrogen and oxygen atoms in total. The van der Waals surface area contributed by atoms with Crippen LogP contribution in [0.2, 0.25) is 0 Å². The topological polar surface area (TPSA) is 52.4 Å². The lowest BCUT2D eigenvalue weighted by atomic mass is 10.3. The Morgan fingerprint density at radius 2 is 2.06 bits per heavy atom. The smallest absolute Gasteiger partial charge is 0.422 e. The van der Waals surface area contributed by atoms with E-state index >= 15 is 0 Å². The molecule has 0 atom stereocenters. The highest BCUT2D eigenvalue weighted by molar-refractivity contribution is 9.10. The number of hydrogen-bond acceptors (Lipinski definition) is 3. The molecule has 0 aliphatic rings. The van der Waals surface area contributed by atoms with Crippen LogP contribution in [0.4, 0.5) is 18.9 Å². The number of halogens is 4. The predicted octanol–water partition coefficient (Wildman–Crippen LogP) is 3.30. The van der Waals surface area contributed by atoms with E-state index in [1.54, 1.807) is 0 Å². The average Bonchev–Trinajstić information content (AvgIpc) is 2.14. The molecular formula is C8H5BrF3NO3. The van der Waals surface area contributed by atoms with Crippen LogP contribution in [-0.2, 0) is 0 Å². The van der Waals surface area contributed by atoms with E-state index in [1.807, 2.05) is 0 Å². The molecule has 0 saturated heterocycles. The fourth-order valence-electron chi connectivity index (χ4n) is 0.915. The van der Waals surface area contributed by atoms with E-state index in [0.29, 0.717) is 4.47 Å². The van der Waals surface area contributed by atoms with E-state index in [2.05, 4.69) is 20.7 Å². The van der Waals surface area contributed by atoms with Crippen molar-refractivity contribution in [3.05, 3.63) is 32.8 Å². The Balaban J connectivity index is 2.91. The van der Waals surface area contributed by atoms with Crippen molar-refractivity contribution in [2.24, 2.45) is 0 Å². The second-order valence-corrected chi connectivity index (χ2v) is 3.69. The number of nitro groups is 1. The molecule has 0 bridgehead atoms. The summed E-state index contributed by atoms with van der Waals surface area (Å²) in [4.78, 5) is 9.71. The molecule has 0 N–H and O–H groups in total. The molecule has 1 rings (SSSR count). The normalized spacial score (nSPS) is 11.2. The van der Waals surface area contributed by atoms with Crippen molar-refractivity contribution in [3.63, 3.8) is 0 Å². The molecule has 1 aromatic rings. The molecule has 88 valence electrons. The summed E-state index contributed by atoms with van der Waals surface area (Å²) in [7, 11) is 0. The van der Waals surface area contributed by atoms with Gasteiger partial charge in [-0.15, -0.1) is 0 Å². The molecule has 16 heavy (non-hydrogen) atoms. The van der Waals surface area contributed by atoms with E-state index < -0.39 is 29.1 Å². The van der Waals surface area contributed by atoms with Crippen molar-refractivity contribution in [2.45, 2.75) is 6.18 Å². The van der Waals surface area contributed by atoms with E-state index in [-0.39, 0.29) is 0 Å². The highest BCUT2D eigenvalue weighted by Gasteiger charge is 2.30. The number of alkyl halides is 3. The highest BCUT2D eigenvalue weighted by Crippen LogP contribution is 2.31. The van der Waals surface area contributed by atoms with Crippen LogP contribution in [0.15, 0.2) is 22.7 Å². The minimum Gasteiger partial charge on any atom is -0.477 e. The van der Waals surface area contributed by atoms with Crippen molar-refractivity contribution in [1.29, 1.82) is 0 Å². The van der Waals surface area contributed by atoms with Crippen molar-refractivity contribution in [2.75, 3.05) is 6.61 Å². The Morgan fingerprint density at radius 1 is 1.44 bits per heavy atom. The molecule has 1 aromatic carbocycles. The van der Waals surface area contributed by atoms with Crippen LogP contribution in [0.25, 0.3) is 0 Å². The predicted molar refractivity (Wildman–Crippen MR) is 52.3 cm³/mol. The molecule has 0 saturated carbocycles. The van der Waals surface area contributed by atoms with Crippen LogP contribution >= 0.6 is 15.9 Å². The molecule has 0 heterocycles. The van der Waals surface area contributed by atoms with Crippen LogP contribution in [0.3, 0.4) is 0 Å². The summed E-state index contributed by atoms with van der Waals surface area (Å²) in [6, 6.07) is 3.54. The second-order valence-electron chi connectivity index (χ2n) is 2.77. The summed E-state index contributed by atoms with van der Waals surface area (Å²) >= 11 is 2.97. The highest BCUT2D eigenvalue weighted by atomic mass is 79.9. The minimum atomic E-state index is -4.53. The van der Waals surface area contributed by atoms with E-state index in [0.717, 1.165) is 12.1 Å². The van der Waals surface area contributed by atoms with Crippen LogP contribution in [0, 0.1) is 10.1 Å². The Morgan fingerprint density at radius 3 is 2.56 bits per heavy atom. The van der Waals surface area contributed by atoms with Gasteiger partial charge in [0.25, 0.3) is 0 Å². The van der Waals surface area contributed by atoms with Gasteiger partial charge in [-0.05, 0) is 12.1 Å². The summed E-state index contributed by atoms with van der Waals surface area (Å²) in [6.45, 7) is -1.56. The van der Waals surface area contributed by atoms with Gasteiger partial charge < -0.3 is 4.74 Å². The third-order valence-electron chi connectivity index (χ3n) is 1.51. The van der Waals surface area contributed by atoms with Crippen LogP contribution in [-0.4, -0.2) is 17.7 Å². The lowest BCUT2D eigenvalue weighted by Gasteiger charge is -2.09.